The van der Waals surface area contributed by atoms with Gasteiger partial charge in [0.05, 0.1) is 5.41 Å². The zero-order chi connectivity index (χ0) is 11.9. The van der Waals surface area contributed by atoms with Crippen molar-refractivity contribution in [3.8, 4) is 0 Å². The van der Waals surface area contributed by atoms with E-state index in [1.54, 1.807) is 0 Å². The van der Waals surface area contributed by atoms with Gasteiger partial charge in [-0.05, 0) is 49.8 Å². The van der Waals surface area contributed by atoms with E-state index in [0.717, 1.165) is 36.9 Å². The van der Waals surface area contributed by atoms with E-state index in [2.05, 4.69) is 5.32 Å². The molecular weight excluding hydrogens is 212 g/mol. The highest BCUT2D eigenvalue weighted by Gasteiger charge is 2.51. The highest BCUT2D eigenvalue weighted by Crippen LogP contribution is 2.48. The van der Waals surface area contributed by atoms with E-state index >= 15 is 0 Å². The largest absolute Gasteiger partial charge is 0.399 e. The van der Waals surface area contributed by atoms with E-state index in [4.69, 9.17) is 5.73 Å². The van der Waals surface area contributed by atoms with Crippen LogP contribution in [0.3, 0.4) is 0 Å². The number of amides is 1. The van der Waals surface area contributed by atoms with Crippen LogP contribution < -0.4 is 11.1 Å². The zero-order valence-electron chi connectivity index (χ0n) is 9.91. The molecule has 3 rings (SSSR count). The zero-order valence-corrected chi connectivity index (χ0v) is 9.91. The number of nitrogen functional groups attached to an aromatic ring is 1. The van der Waals surface area contributed by atoms with E-state index in [0.29, 0.717) is 6.04 Å². The third-order valence-electron chi connectivity index (χ3n) is 4.09. The Hall–Kier alpha value is -1.51. The molecule has 3 nitrogen and oxygen atoms in total. The fourth-order valence-corrected chi connectivity index (χ4v) is 2.45. The first-order valence-electron chi connectivity index (χ1n) is 6.38. The average molecular weight is 230 g/mol. The van der Waals surface area contributed by atoms with Gasteiger partial charge in [0.1, 0.15) is 0 Å². The van der Waals surface area contributed by atoms with Crippen molar-refractivity contribution in [1.29, 1.82) is 0 Å². The van der Waals surface area contributed by atoms with Crippen LogP contribution in [-0.2, 0) is 10.2 Å². The third-order valence-corrected chi connectivity index (χ3v) is 4.09. The molecule has 3 heteroatoms. The molecule has 0 aromatic heterocycles. The molecule has 2 saturated carbocycles. The van der Waals surface area contributed by atoms with Gasteiger partial charge in [-0.1, -0.05) is 12.1 Å². The molecule has 0 atom stereocenters. The van der Waals surface area contributed by atoms with Gasteiger partial charge >= 0.3 is 0 Å². The lowest BCUT2D eigenvalue weighted by atomic mass is 9.90. The van der Waals surface area contributed by atoms with Gasteiger partial charge in [0.2, 0.25) is 5.91 Å². The second-order valence-corrected chi connectivity index (χ2v) is 5.31. The van der Waals surface area contributed by atoms with Crippen LogP contribution in [0.1, 0.15) is 37.7 Å². The Labute approximate surface area is 101 Å². The van der Waals surface area contributed by atoms with E-state index < -0.39 is 0 Å². The van der Waals surface area contributed by atoms with Crippen LogP contribution in [0.4, 0.5) is 5.69 Å². The number of hydrogen-bond donors (Lipinski definition) is 2. The van der Waals surface area contributed by atoms with Crippen molar-refractivity contribution >= 4 is 11.6 Å². The molecule has 2 aliphatic rings. The van der Waals surface area contributed by atoms with Crippen molar-refractivity contribution in [2.45, 2.75) is 43.6 Å². The van der Waals surface area contributed by atoms with Gasteiger partial charge in [0, 0.05) is 11.7 Å². The molecule has 0 aliphatic heterocycles. The maximum absolute atomic E-state index is 12.3. The number of carbonyl (C=O) groups excluding carboxylic acids is 1. The highest BCUT2D eigenvalue weighted by atomic mass is 16.2. The Balaban J connectivity index is 1.76. The quantitative estimate of drug-likeness (QED) is 0.780. The van der Waals surface area contributed by atoms with E-state index in [1.165, 1.54) is 6.42 Å². The maximum atomic E-state index is 12.3. The molecule has 0 spiro atoms. The second-order valence-electron chi connectivity index (χ2n) is 5.31. The third kappa shape index (κ3) is 1.79. The van der Waals surface area contributed by atoms with Crippen LogP contribution >= 0.6 is 0 Å². The lowest BCUT2D eigenvalue weighted by molar-refractivity contribution is -0.124. The summed E-state index contributed by atoms with van der Waals surface area (Å²) < 4.78 is 0. The van der Waals surface area contributed by atoms with Gasteiger partial charge in [-0.15, -0.1) is 0 Å². The summed E-state index contributed by atoms with van der Waals surface area (Å²) in [5, 5.41) is 3.16. The first-order chi connectivity index (χ1) is 8.21. The number of rotatable bonds is 3. The first-order valence-corrected chi connectivity index (χ1v) is 6.38. The summed E-state index contributed by atoms with van der Waals surface area (Å²) in [7, 11) is 0. The Morgan fingerprint density at radius 3 is 2.35 bits per heavy atom. The minimum Gasteiger partial charge on any atom is -0.399 e. The highest BCUT2D eigenvalue weighted by molar-refractivity contribution is 5.91. The van der Waals surface area contributed by atoms with Crippen LogP contribution in [0.5, 0.6) is 0 Å². The average Bonchev–Trinajstić information content (AvgIpc) is 3.05. The SMILES string of the molecule is Nc1ccc(C2(C(=O)NC3CCC3)CC2)cc1. The summed E-state index contributed by atoms with van der Waals surface area (Å²) in [6, 6.07) is 8.16. The van der Waals surface area contributed by atoms with Gasteiger partial charge in [0.15, 0.2) is 0 Å². The standard InChI is InChI=1S/C14H18N2O/c15-11-6-4-10(5-7-11)14(8-9-14)13(17)16-12-2-1-3-12/h4-7,12H,1-3,8-9,15H2,(H,16,17). The van der Waals surface area contributed by atoms with E-state index in [9.17, 15) is 4.79 Å². The molecule has 17 heavy (non-hydrogen) atoms. The molecule has 1 aromatic rings. The lowest BCUT2D eigenvalue weighted by Crippen LogP contribution is -2.44. The molecule has 0 bridgehead atoms. The summed E-state index contributed by atoms with van der Waals surface area (Å²) in [5.41, 5.74) is 7.30. The second kappa shape index (κ2) is 3.76. The van der Waals surface area contributed by atoms with Gasteiger partial charge in [-0.2, -0.15) is 0 Å². The normalized spacial score (nSPS) is 21.6. The summed E-state index contributed by atoms with van der Waals surface area (Å²) in [6.45, 7) is 0. The number of hydrogen-bond acceptors (Lipinski definition) is 2. The first kappa shape index (κ1) is 10.6. The molecule has 0 radical (unpaired) electrons. The number of anilines is 1. The van der Waals surface area contributed by atoms with Gasteiger partial charge in [-0.25, -0.2) is 0 Å². The van der Waals surface area contributed by atoms with Crippen molar-refractivity contribution in [3.05, 3.63) is 29.8 Å². The van der Waals surface area contributed by atoms with Crippen LogP contribution in [-0.4, -0.2) is 11.9 Å². The van der Waals surface area contributed by atoms with Gasteiger partial charge in [0.25, 0.3) is 0 Å². The van der Waals surface area contributed by atoms with E-state index in [1.807, 2.05) is 24.3 Å². The monoisotopic (exact) mass is 230 g/mol. The predicted molar refractivity (Wildman–Crippen MR) is 67.5 cm³/mol. The van der Waals surface area contributed by atoms with Crippen molar-refractivity contribution < 1.29 is 4.79 Å². The smallest absolute Gasteiger partial charge is 0.230 e. The summed E-state index contributed by atoms with van der Waals surface area (Å²) in [6.07, 6.45) is 5.47. The van der Waals surface area contributed by atoms with Crippen LogP contribution in [0.15, 0.2) is 24.3 Å². The van der Waals surface area contributed by atoms with Crippen LogP contribution in [0.2, 0.25) is 0 Å². The van der Waals surface area contributed by atoms with Crippen molar-refractivity contribution in [2.24, 2.45) is 0 Å². The fraction of sp³-hybridized carbons (Fsp3) is 0.500. The number of carbonyl (C=O) groups is 1. The topological polar surface area (TPSA) is 55.1 Å². The predicted octanol–water partition coefficient (Wildman–Crippen LogP) is 1.97. The van der Waals surface area contributed by atoms with Crippen molar-refractivity contribution in [1.82, 2.24) is 5.32 Å². The molecule has 90 valence electrons. The van der Waals surface area contributed by atoms with Gasteiger partial charge in [-0.3, -0.25) is 4.79 Å². The molecule has 0 saturated heterocycles. The Morgan fingerprint density at radius 1 is 1.24 bits per heavy atom. The molecule has 0 unspecified atom stereocenters. The molecule has 1 amide bonds. The molecule has 3 N–H and O–H groups in total. The Bertz CT molecular complexity index is 430. The molecule has 2 fully saturated rings. The lowest BCUT2D eigenvalue weighted by Gasteiger charge is -2.28. The van der Waals surface area contributed by atoms with Gasteiger partial charge < -0.3 is 11.1 Å². The summed E-state index contributed by atoms with van der Waals surface area (Å²) >= 11 is 0. The molecular formula is C14H18N2O. The van der Waals surface area contributed by atoms with Crippen LogP contribution in [0, 0.1) is 0 Å². The number of nitrogens with one attached hydrogen (secondary N) is 1. The number of benzene rings is 1. The number of nitrogens with two attached hydrogens (primary N) is 1. The molecule has 2 aliphatic carbocycles. The van der Waals surface area contributed by atoms with Crippen molar-refractivity contribution in [3.63, 3.8) is 0 Å². The summed E-state index contributed by atoms with van der Waals surface area (Å²) in [5.74, 6) is 0.215. The Kier molecular flexibility index (Phi) is 2.35. The molecule has 0 heterocycles. The summed E-state index contributed by atoms with van der Waals surface area (Å²) in [4.78, 5) is 12.3. The molecule has 1 aromatic carbocycles. The van der Waals surface area contributed by atoms with Crippen LogP contribution in [0.25, 0.3) is 0 Å². The minimum atomic E-state index is -0.247. The van der Waals surface area contributed by atoms with Crippen molar-refractivity contribution in [2.75, 3.05) is 5.73 Å². The maximum Gasteiger partial charge on any atom is 0.230 e. The van der Waals surface area contributed by atoms with E-state index in [-0.39, 0.29) is 11.3 Å². The minimum absolute atomic E-state index is 0.215. The fourth-order valence-electron chi connectivity index (χ4n) is 2.45. The Morgan fingerprint density at radius 2 is 1.88 bits per heavy atom.